The van der Waals surface area contributed by atoms with Crippen LogP contribution >= 0.6 is 7.60 Å². The second-order valence-corrected chi connectivity index (χ2v) is 6.50. The van der Waals surface area contributed by atoms with Gasteiger partial charge in [-0.05, 0) is 19.4 Å². The zero-order valence-corrected chi connectivity index (χ0v) is 13.0. The quantitative estimate of drug-likeness (QED) is 0.559. The standard InChI is InChI=1S/C14H19N2O4P/c1-3-19-21(18,20-4-2)14(11-15,16-12-17)10-13-8-6-5-7-9-13/h5-9,12H,3-4,10H2,1-2H3,(H,16,17). The number of nitriles is 1. The molecular weight excluding hydrogens is 291 g/mol. The van der Waals surface area contributed by atoms with Gasteiger partial charge in [0.2, 0.25) is 11.7 Å². The van der Waals surface area contributed by atoms with E-state index in [4.69, 9.17) is 9.05 Å². The predicted molar refractivity (Wildman–Crippen MR) is 78.5 cm³/mol. The van der Waals surface area contributed by atoms with Gasteiger partial charge in [0.15, 0.2) is 0 Å². The summed E-state index contributed by atoms with van der Waals surface area (Å²) in [5.41, 5.74) is 0.744. The van der Waals surface area contributed by atoms with Crippen molar-refractivity contribution in [3.63, 3.8) is 0 Å². The molecule has 1 amide bonds. The Morgan fingerprint density at radius 2 is 1.86 bits per heavy atom. The third-order valence-corrected chi connectivity index (χ3v) is 5.37. The molecule has 21 heavy (non-hydrogen) atoms. The van der Waals surface area contributed by atoms with Crippen molar-refractivity contribution in [2.24, 2.45) is 0 Å². The Morgan fingerprint density at radius 1 is 1.29 bits per heavy atom. The van der Waals surface area contributed by atoms with Crippen LogP contribution in [0.1, 0.15) is 19.4 Å². The van der Waals surface area contributed by atoms with Gasteiger partial charge in [0.05, 0.1) is 13.2 Å². The maximum atomic E-state index is 13.0. The van der Waals surface area contributed by atoms with E-state index < -0.39 is 12.9 Å². The Balaban J connectivity index is 3.27. The lowest BCUT2D eigenvalue weighted by atomic mass is 10.1. The maximum Gasteiger partial charge on any atom is 0.370 e. The normalized spacial score (nSPS) is 14.0. The minimum Gasteiger partial charge on any atom is -0.330 e. The molecule has 1 unspecified atom stereocenters. The van der Waals surface area contributed by atoms with E-state index in [2.05, 4.69) is 5.32 Å². The summed E-state index contributed by atoms with van der Waals surface area (Å²) in [6, 6.07) is 10.9. The van der Waals surface area contributed by atoms with Crippen LogP contribution in [-0.4, -0.2) is 24.9 Å². The molecule has 1 aromatic carbocycles. The minimum atomic E-state index is -3.85. The largest absolute Gasteiger partial charge is 0.370 e. The Labute approximate surface area is 124 Å². The third kappa shape index (κ3) is 3.92. The number of hydrogen-bond donors (Lipinski definition) is 1. The minimum absolute atomic E-state index is 0.0281. The van der Waals surface area contributed by atoms with Gasteiger partial charge in [0, 0.05) is 6.42 Å². The predicted octanol–water partition coefficient (Wildman–Crippen LogP) is 2.46. The van der Waals surface area contributed by atoms with E-state index in [9.17, 15) is 14.6 Å². The summed E-state index contributed by atoms with van der Waals surface area (Å²) in [4.78, 5) is 10.9. The van der Waals surface area contributed by atoms with E-state index in [0.717, 1.165) is 5.56 Å². The van der Waals surface area contributed by atoms with E-state index in [1.54, 1.807) is 38.1 Å². The number of hydrogen-bond acceptors (Lipinski definition) is 5. The second-order valence-electron chi connectivity index (χ2n) is 4.23. The fraction of sp³-hybridized carbons (Fsp3) is 0.429. The van der Waals surface area contributed by atoms with E-state index in [0.29, 0.717) is 6.41 Å². The van der Waals surface area contributed by atoms with Crippen molar-refractivity contribution in [1.29, 1.82) is 5.26 Å². The molecule has 0 bridgehead atoms. The number of rotatable bonds is 9. The van der Waals surface area contributed by atoms with Crippen LogP contribution in [-0.2, 0) is 24.8 Å². The average molecular weight is 310 g/mol. The molecule has 0 spiro atoms. The van der Waals surface area contributed by atoms with E-state index in [1.165, 1.54) is 0 Å². The van der Waals surface area contributed by atoms with Gasteiger partial charge in [-0.25, -0.2) is 0 Å². The van der Waals surface area contributed by atoms with E-state index in [-0.39, 0.29) is 19.6 Å². The van der Waals surface area contributed by atoms with Crippen LogP contribution in [0.25, 0.3) is 0 Å². The van der Waals surface area contributed by atoms with Gasteiger partial charge in [-0.1, -0.05) is 30.3 Å². The smallest absolute Gasteiger partial charge is 0.330 e. The van der Waals surface area contributed by atoms with Crippen molar-refractivity contribution < 1.29 is 18.4 Å². The van der Waals surface area contributed by atoms with Crippen LogP contribution in [0.4, 0.5) is 0 Å². The highest BCUT2D eigenvalue weighted by Crippen LogP contribution is 2.59. The second kappa shape index (κ2) is 7.94. The summed E-state index contributed by atoms with van der Waals surface area (Å²) < 4.78 is 23.5. The van der Waals surface area contributed by atoms with Crippen molar-refractivity contribution in [2.75, 3.05) is 13.2 Å². The van der Waals surface area contributed by atoms with Crippen LogP contribution in [0.2, 0.25) is 0 Å². The van der Waals surface area contributed by atoms with Crippen LogP contribution in [0, 0.1) is 11.3 Å². The highest BCUT2D eigenvalue weighted by atomic mass is 31.2. The van der Waals surface area contributed by atoms with Gasteiger partial charge >= 0.3 is 7.60 Å². The molecule has 1 atom stereocenters. The third-order valence-electron chi connectivity index (χ3n) is 2.85. The van der Waals surface area contributed by atoms with E-state index >= 15 is 0 Å². The molecule has 0 saturated heterocycles. The molecule has 0 aliphatic heterocycles. The first kappa shape index (κ1) is 17.4. The first-order chi connectivity index (χ1) is 10.1. The molecule has 0 aromatic heterocycles. The van der Waals surface area contributed by atoms with Gasteiger partial charge in [-0.15, -0.1) is 0 Å². The topological polar surface area (TPSA) is 88.4 Å². The van der Waals surface area contributed by atoms with Crippen LogP contribution in [0.3, 0.4) is 0 Å². The number of nitrogens with zero attached hydrogens (tertiary/aromatic N) is 1. The van der Waals surface area contributed by atoms with Crippen molar-refractivity contribution in [1.82, 2.24) is 5.32 Å². The molecule has 0 aliphatic carbocycles. The number of nitrogens with one attached hydrogen (secondary N) is 1. The molecule has 0 heterocycles. The summed E-state index contributed by atoms with van der Waals surface area (Å²) in [6.45, 7) is 3.51. The molecule has 1 aromatic rings. The van der Waals surface area contributed by atoms with Crippen LogP contribution < -0.4 is 5.32 Å². The number of amides is 1. The van der Waals surface area contributed by atoms with Crippen molar-refractivity contribution in [3.8, 4) is 6.07 Å². The Bertz CT molecular complexity index is 534. The fourth-order valence-electron chi connectivity index (χ4n) is 1.95. The Morgan fingerprint density at radius 3 is 2.29 bits per heavy atom. The molecule has 0 fully saturated rings. The summed E-state index contributed by atoms with van der Waals surface area (Å²) >= 11 is 0. The first-order valence-electron chi connectivity index (χ1n) is 6.63. The highest BCUT2D eigenvalue weighted by Gasteiger charge is 2.52. The van der Waals surface area contributed by atoms with Crippen molar-refractivity contribution in [3.05, 3.63) is 35.9 Å². The van der Waals surface area contributed by atoms with Gasteiger partial charge in [0.25, 0.3) is 0 Å². The summed E-state index contributed by atoms with van der Waals surface area (Å²) in [7, 11) is -3.85. The summed E-state index contributed by atoms with van der Waals surface area (Å²) in [5.74, 6) is 0. The fourth-order valence-corrected chi connectivity index (χ4v) is 3.85. The summed E-state index contributed by atoms with van der Waals surface area (Å²) in [6.07, 6.45) is 0.372. The van der Waals surface area contributed by atoms with Crippen LogP contribution in [0.5, 0.6) is 0 Å². The monoisotopic (exact) mass is 310 g/mol. The molecule has 6 nitrogen and oxygen atoms in total. The Kier molecular flexibility index (Phi) is 6.57. The molecule has 1 N–H and O–H groups in total. The maximum absolute atomic E-state index is 13.0. The van der Waals surface area contributed by atoms with Gasteiger partial charge in [-0.2, -0.15) is 5.26 Å². The van der Waals surface area contributed by atoms with Gasteiger partial charge in [-0.3, -0.25) is 9.36 Å². The number of carbonyl (C=O) groups is 1. The highest BCUT2D eigenvalue weighted by molar-refractivity contribution is 7.56. The molecule has 0 radical (unpaired) electrons. The lowest BCUT2D eigenvalue weighted by Crippen LogP contribution is -2.46. The summed E-state index contributed by atoms with van der Waals surface area (Å²) in [5, 5.41) is 10.2. The molecule has 1 rings (SSSR count). The van der Waals surface area contributed by atoms with Crippen molar-refractivity contribution >= 4 is 14.0 Å². The van der Waals surface area contributed by atoms with Crippen molar-refractivity contribution in [2.45, 2.75) is 25.5 Å². The SMILES string of the molecule is CCOP(=O)(OCC)C(C#N)(Cc1ccccc1)NC=O. The number of benzene rings is 1. The molecule has 0 saturated carbocycles. The molecule has 7 heteroatoms. The molecular formula is C14H19N2O4P. The lowest BCUT2D eigenvalue weighted by molar-refractivity contribution is -0.110. The lowest BCUT2D eigenvalue weighted by Gasteiger charge is -2.32. The molecule has 0 aliphatic rings. The number of carbonyl (C=O) groups excluding carboxylic acids is 1. The van der Waals surface area contributed by atoms with Gasteiger partial charge < -0.3 is 14.4 Å². The van der Waals surface area contributed by atoms with Gasteiger partial charge in [0.1, 0.15) is 6.07 Å². The Hall–Kier alpha value is -1.67. The zero-order valence-electron chi connectivity index (χ0n) is 12.1. The van der Waals surface area contributed by atoms with Crippen LogP contribution in [0.15, 0.2) is 30.3 Å². The average Bonchev–Trinajstić information content (AvgIpc) is 2.48. The molecule has 114 valence electrons. The zero-order chi connectivity index (χ0) is 15.8. The first-order valence-corrected chi connectivity index (χ1v) is 8.17. The van der Waals surface area contributed by atoms with E-state index in [1.807, 2.05) is 12.1 Å².